The molecule has 0 atom stereocenters. The fourth-order valence-electron chi connectivity index (χ4n) is 0.975. The van der Waals surface area contributed by atoms with Crippen molar-refractivity contribution in [1.29, 1.82) is 0 Å². The largest absolute Gasteiger partial charge is 0.257 e. The lowest BCUT2D eigenvalue weighted by atomic mass is 10.2. The Morgan fingerprint density at radius 1 is 0.889 bits per heavy atom. The Balaban J connectivity index is 2.58. The number of nitrogens with one attached hydrogen (secondary N) is 1. The van der Waals surface area contributed by atoms with Crippen molar-refractivity contribution in [3.8, 4) is 0 Å². The molecule has 1 rings (SSSR count). The van der Waals surface area contributed by atoms with Gasteiger partial charge in [-0.05, 0) is 27.7 Å². The third-order valence-electron chi connectivity index (χ3n) is 1.06. The summed E-state index contributed by atoms with van der Waals surface area (Å²) < 4.78 is 0. The van der Waals surface area contributed by atoms with Gasteiger partial charge in [-0.25, -0.2) is 9.78 Å². The molecule has 3 heteroatoms. The summed E-state index contributed by atoms with van der Waals surface area (Å²) in [6.07, 6.45) is 0. The van der Waals surface area contributed by atoms with Crippen LogP contribution in [0.4, 0.5) is 0 Å². The lowest BCUT2D eigenvalue weighted by molar-refractivity contribution is -0.337. The van der Waals surface area contributed by atoms with Gasteiger partial charge in [0.15, 0.2) is 11.4 Å². The second-order valence-corrected chi connectivity index (χ2v) is 3.31. The van der Waals surface area contributed by atoms with Crippen LogP contribution in [0.15, 0.2) is 0 Å². The van der Waals surface area contributed by atoms with Crippen molar-refractivity contribution in [3.63, 3.8) is 0 Å². The van der Waals surface area contributed by atoms with Crippen LogP contribution in [0, 0.1) is 0 Å². The number of hydrogen-bond donors (Lipinski definition) is 1. The summed E-state index contributed by atoms with van der Waals surface area (Å²) in [6, 6.07) is 0. The fourth-order valence-corrected chi connectivity index (χ4v) is 0.975. The second-order valence-electron chi connectivity index (χ2n) is 3.31. The van der Waals surface area contributed by atoms with E-state index in [0.29, 0.717) is 0 Å². The zero-order chi connectivity index (χ0) is 7.12. The average molecular weight is 131 g/mol. The van der Waals surface area contributed by atoms with Gasteiger partial charge in [-0.2, -0.15) is 0 Å². The van der Waals surface area contributed by atoms with Crippen molar-refractivity contribution in [1.82, 2.24) is 5.32 Å². The van der Waals surface area contributed by atoms with Gasteiger partial charge in [0.2, 0.25) is 0 Å². The van der Waals surface area contributed by atoms with Gasteiger partial charge in [-0.3, -0.25) is 5.32 Å². The molecule has 1 N–H and O–H groups in total. The first-order valence-corrected chi connectivity index (χ1v) is 3.07. The van der Waals surface area contributed by atoms with E-state index >= 15 is 0 Å². The molecular formula is C6H13NO2. The fraction of sp³-hybridized carbons (Fsp3) is 1.00. The van der Waals surface area contributed by atoms with Crippen molar-refractivity contribution in [2.75, 3.05) is 0 Å². The monoisotopic (exact) mass is 131 g/mol. The number of rotatable bonds is 0. The Morgan fingerprint density at radius 2 is 1.22 bits per heavy atom. The summed E-state index contributed by atoms with van der Waals surface area (Å²) in [7, 11) is 0. The van der Waals surface area contributed by atoms with Gasteiger partial charge in [-0.15, -0.1) is 0 Å². The molecule has 0 spiro atoms. The Labute approximate surface area is 55.3 Å². The molecule has 1 saturated heterocycles. The normalized spacial score (nSPS) is 30.7. The van der Waals surface area contributed by atoms with Crippen molar-refractivity contribution >= 4 is 0 Å². The molecular weight excluding hydrogens is 118 g/mol. The Hall–Kier alpha value is -0.120. The highest BCUT2D eigenvalue weighted by Crippen LogP contribution is 2.22. The van der Waals surface area contributed by atoms with Crippen LogP contribution in [0.25, 0.3) is 0 Å². The molecule has 1 heterocycles. The first kappa shape index (κ1) is 6.99. The smallest absolute Gasteiger partial charge is 0.150 e. The van der Waals surface area contributed by atoms with E-state index in [1.165, 1.54) is 0 Å². The van der Waals surface area contributed by atoms with E-state index in [1.807, 2.05) is 27.7 Å². The zero-order valence-corrected chi connectivity index (χ0v) is 6.32. The minimum absolute atomic E-state index is 0.344. The summed E-state index contributed by atoms with van der Waals surface area (Å²) in [5, 5.41) is 3.12. The highest BCUT2D eigenvalue weighted by atomic mass is 17.2. The molecule has 0 saturated carbocycles. The summed E-state index contributed by atoms with van der Waals surface area (Å²) in [5.41, 5.74) is -0.688. The summed E-state index contributed by atoms with van der Waals surface area (Å²) in [5.74, 6) is 0. The third-order valence-corrected chi connectivity index (χ3v) is 1.06. The van der Waals surface area contributed by atoms with E-state index in [-0.39, 0.29) is 11.4 Å². The van der Waals surface area contributed by atoms with E-state index in [2.05, 4.69) is 5.32 Å². The minimum Gasteiger partial charge on any atom is -0.257 e. The van der Waals surface area contributed by atoms with Crippen LogP contribution in [-0.4, -0.2) is 11.4 Å². The highest BCUT2D eigenvalue weighted by Gasteiger charge is 2.38. The lowest BCUT2D eigenvalue weighted by Gasteiger charge is -2.16. The summed E-state index contributed by atoms with van der Waals surface area (Å²) in [4.78, 5) is 9.89. The molecule has 1 fully saturated rings. The molecule has 0 bridgehead atoms. The van der Waals surface area contributed by atoms with Gasteiger partial charge < -0.3 is 0 Å². The Morgan fingerprint density at radius 3 is 1.33 bits per heavy atom. The molecule has 0 aromatic heterocycles. The third kappa shape index (κ3) is 1.64. The highest BCUT2D eigenvalue weighted by molar-refractivity contribution is 4.77. The molecule has 1 aliphatic heterocycles. The van der Waals surface area contributed by atoms with Gasteiger partial charge in [0, 0.05) is 0 Å². The van der Waals surface area contributed by atoms with Crippen LogP contribution >= 0.6 is 0 Å². The second kappa shape index (κ2) is 1.68. The quantitative estimate of drug-likeness (QED) is 0.498. The summed E-state index contributed by atoms with van der Waals surface area (Å²) in [6.45, 7) is 7.67. The zero-order valence-electron chi connectivity index (χ0n) is 6.32. The van der Waals surface area contributed by atoms with E-state index in [0.717, 1.165) is 0 Å². The molecule has 0 radical (unpaired) electrons. The van der Waals surface area contributed by atoms with Crippen LogP contribution in [-0.2, 0) is 9.78 Å². The molecule has 0 amide bonds. The Bertz CT molecular complexity index is 106. The van der Waals surface area contributed by atoms with Crippen LogP contribution in [0.5, 0.6) is 0 Å². The SMILES string of the molecule is CC1(C)NC(C)(C)OO1. The van der Waals surface area contributed by atoms with Crippen LogP contribution < -0.4 is 5.32 Å². The molecule has 0 aromatic rings. The van der Waals surface area contributed by atoms with Crippen LogP contribution in [0.3, 0.4) is 0 Å². The van der Waals surface area contributed by atoms with E-state index in [4.69, 9.17) is 9.78 Å². The molecule has 0 unspecified atom stereocenters. The van der Waals surface area contributed by atoms with Crippen molar-refractivity contribution in [2.24, 2.45) is 0 Å². The maximum Gasteiger partial charge on any atom is 0.150 e. The lowest BCUT2D eigenvalue weighted by Crippen LogP contribution is -2.43. The molecule has 1 aliphatic rings. The van der Waals surface area contributed by atoms with Gasteiger partial charge in [-0.1, -0.05) is 0 Å². The predicted octanol–water partition coefficient (Wildman–Crippen LogP) is 1.01. The van der Waals surface area contributed by atoms with E-state index < -0.39 is 0 Å². The molecule has 9 heavy (non-hydrogen) atoms. The molecule has 54 valence electrons. The molecule has 0 aromatic carbocycles. The minimum atomic E-state index is -0.344. The van der Waals surface area contributed by atoms with Gasteiger partial charge >= 0.3 is 0 Å². The van der Waals surface area contributed by atoms with Gasteiger partial charge in [0.05, 0.1) is 0 Å². The van der Waals surface area contributed by atoms with Crippen LogP contribution in [0.1, 0.15) is 27.7 Å². The first-order chi connectivity index (χ1) is 3.91. The predicted molar refractivity (Wildman–Crippen MR) is 33.5 cm³/mol. The van der Waals surface area contributed by atoms with E-state index in [9.17, 15) is 0 Å². The Kier molecular flexibility index (Phi) is 1.31. The molecule has 0 aliphatic carbocycles. The van der Waals surface area contributed by atoms with Crippen molar-refractivity contribution in [2.45, 2.75) is 39.1 Å². The number of hydrogen-bond acceptors (Lipinski definition) is 3. The summed E-state index contributed by atoms with van der Waals surface area (Å²) >= 11 is 0. The average Bonchev–Trinajstić information content (AvgIpc) is 1.78. The van der Waals surface area contributed by atoms with Crippen molar-refractivity contribution < 1.29 is 9.78 Å². The van der Waals surface area contributed by atoms with Crippen molar-refractivity contribution in [3.05, 3.63) is 0 Å². The maximum atomic E-state index is 4.94. The van der Waals surface area contributed by atoms with Gasteiger partial charge in [0.1, 0.15) is 0 Å². The first-order valence-electron chi connectivity index (χ1n) is 3.07. The van der Waals surface area contributed by atoms with E-state index in [1.54, 1.807) is 0 Å². The maximum absolute atomic E-state index is 4.94. The molecule has 3 nitrogen and oxygen atoms in total. The van der Waals surface area contributed by atoms with Gasteiger partial charge in [0.25, 0.3) is 0 Å². The van der Waals surface area contributed by atoms with Crippen LogP contribution in [0.2, 0.25) is 0 Å². The topological polar surface area (TPSA) is 30.5 Å². The standard InChI is InChI=1S/C6H13NO2/c1-5(2)7-6(3,4)9-8-5/h7H,1-4H3.